The van der Waals surface area contributed by atoms with Crippen LogP contribution in [0.1, 0.15) is 25.3 Å². The summed E-state index contributed by atoms with van der Waals surface area (Å²) in [5.74, 6) is 0.873. The number of fused-ring (bicyclic) bond motifs is 2. The van der Waals surface area contributed by atoms with Gasteiger partial charge < -0.3 is 9.88 Å². The summed E-state index contributed by atoms with van der Waals surface area (Å²) in [6.07, 6.45) is 5.14. The molecule has 0 saturated carbocycles. The van der Waals surface area contributed by atoms with Gasteiger partial charge in [0.15, 0.2) is 0 Å². The largest absolute Gasteiger partial charge is 0.347 e. The first-order valence-electron chi connectivity index (χ1n) is 8.38. The van der Waals surface area contributed by atoms with E-state index in [1.165, 1.54) is 48.9 Å². The Balaban J connectivity index is 1.64. The van der Waals surface area contributed by atoms with Crippen molar-refractivity contribution in [3.63, 3.8) is 0 Å². The Bertz CT molecular complexity index is 630. The molecule has 3 nitrogen and oxygen atoms in total. The van der Waals surface area contributed by atoms with E-state index in [1.807, 2.05) is 0 Å². The second kappa shape index (κ2) is 5.47. The van der Waals surface area contributed by atoms with Gasteiger partial charge in [0, 0.05) is 42.8 Å². The summed E-state index contributed by atoms with van der Waals surface area (Å²) >= 11 is 0. The van der Waals surface area contributed by atoms with E-state index in [1.54, 1.807) is 0 Å². The molecule has 0 amide bonds. The number of hydrogen-bond donors (Lipinski definition) is 1. The predicted molar refractivity (Wildman–Crippen MR) is 87.4 cm³/mol. The van der Waals surface area contributed by atoms with E-state index in [-0.39, 0.29) is 0 Å². The highest BCUT2D eigenvalue weighted by molar-refractivity contribution is 5.83. The zero-order valence-corrected chi connectivity index (χ0v) is 12.9. The van der Waals surface area contributed by atoms with Crippen molar-refractivity contribution < 1.29 is 0 Å². The van der Waals surface area contributed by atoms with Crippen LogP contribution >= 0.6 is 0 Å². The van der Waals surface area contributed by atoms with Crippen LogP contribution in [0.25, 0.3) is 10.9 Å². The van der Waals surface area contributed by atoms with E-state index in [0.29, 0.717) is 0 Å². The molecule has 0 spiro atoms. The first-order valence-corrected chi connectivity index (χ1v) is 8.38. The van der Waals surface area contributed by atoms with E-state index >= 15 is 0 Å². The van der Waals surface area contributed by atoms with Gasteiger partial charge in [0.2, 0.25) is 0 Å². The summed E-state index contributed by atoms with van der Waals surface area (Å²) in [6.45, 7) is 8.04. The molecule has 4 rings (SSSR count). The molecule has 1 N–H and O–H groups in total. The van der Waals surface area contributed by atoms with Gasteiger partial charge in [0.05, 0.1) is 0 Å². The maximum absolute atomic E-state index is 3.59. The Morgan fingerprint density at radius 2 is 2.14 bits per heavy atom. The lowest BCUT2D eigenvalue weighted by atomic mass is 9.91. The van der Waals surface area contributed by atoms with E-state index in [9.17, 15) is 0 Å². The Morgan fingerprint density at radius 1 is 1.24 bits per heavy atom. The summed E-state index contributed by atoms with van der Waals surface area (Å²) in [5, 5.41) is 5.02. The second-order valence-electron chi connectivity index (χ2n) is 6.56. The van der Waals surface area contributed by atoms with Gasteiger partial charge in [-0.2, -0.15) is 0 Å². The first-order chi connectivity index (χ1) is 10.4. The quantitative estimate of drug-likeness (QED) is 0.934. The fourth-order valence-electron chi connectivity index (χ4n) is 4.29. The van der Waals surface area contributed by atoms with E-state index < -0.39 is 0 Å². The van der Waals surface area contributed by atoms with Crippen molar-refractivity contribution in [2.45, 2.75) is 38.9 Å². The molecule has 3 heterocycles. The maximum atomic E-state index is 3.59. The maximum Gasteiger partial charge on any atom is 0.0483 e. The van der Waals surface area contributed by atoms with E-state index in [4.69, 9.17) is 0 Å². The Labute approximate surface area is 126 Å². The third-order valence-electron chi connectivity index (χ3n) is 5.38. The van der Waals surface area contributed by atoms with Gasteiger partial charge >= 0.3 is 0 Å². The van der Waals surface area contributed by atoms with Gasteiger partial charge in [-0.1, -0.05) is 18.2 Å². The molecule has 2 aliphatic rings. The number of piperidine rings is 1. The highest BCUT2D eigenvalue weighted by Crippen LogP contribution is 2.30. The monoisotopic (exact) mass is 283 g/mol. The summed E-state index contributed by atoms with van der Waals surface area (Å²) in [6, 6.07) is 9.60. The molecule has 112 valence electrons. The Morgan fingerprint density at radius 3 is 3.05 bits per heavy atom. The summed E-state index contributed by atoms with van der Waals surface area (Å²) in [5.41, 5.74) is 2.88. The van der Waals surface area contributed by atoms with E-state index in [0.717, 1.165) is 25.0 Å². The number of likely N-dealkylation sites (tertiary alicyclic amines) is 1. The van der Waals surface area contributed by atoms with Gasteiger partial charge in [-0.15, -0.1) is 0 Å². The number of nitrogens with one attached hydrogen (secondary N) is 1. The molecular weight excluding hydrogens is 258 g/mol. The minimum absolute atomic E-state index is 0.752. The third kappa shape index (κ3) is 2.29. The van der Waals surface area contributed by atoms with Crippen LogP contribution in [-0.4, -0.2) is 35.1 Å². The number of hydrogen-bond acceptors (Lipinski definition) is 2. The molecule has 0 bridgehead atoms. The molecule has 3 heteroatoms. The smallest absolute Gasteiger partial charge is 0.0483 e. The van der Waals surface area contributed by atoms with Crippen LogP contribution in [0.3, 0.4) is 0 Å². The van der Waals surface area contributed by atoms with Gasteiger partial charge in [0.1, 0.15) is 0 Å². The molecule has 0 aliphatic carbocycles. The number of benzene rings is 1. The van der Waals surface area contributed by atoms with Crippen molar-refractivity contribution in [3.8, 4) is 0 Å². The van der Waals surface area contributed by atoms with Gasteiger partial charge in [0.25, 0.3) is 0 Å². The number of aromatic nitrogens is 1. The summed E-state index contributed by atoms with van der Waals surface area (Å²) in [4.78, 5) is 2.72. The van der Waals surface area contributed by atoms with Crippen LogP contribution < -0.4 is 5.32 Å². The van der Waals surface area contributed by atoms with Crippen molar-refractivity contribution >= 4 is 10.9 Å². The van der Waals surface area contributed by atoms with Crippen LogP contribution in [-0.2, 0) is 13.1 Å². The van der Waals surface area contributed by atoms with Crippen LogP contribution in [0.4, 0.5) is 0 Å². The second-order valence-corrected chi connectivity index (χ2v) is 6.56. The van der Waals surface area contributed by atoms with Crippen LogP contribution in [0, 0.1) is 5.92 Å². The normalized spacial score (nSPS) is 26.3. The molecule has 2 fully saturated rings. The van der Waals surface area contributed by atoms with Gasteiger partial charge in [-0.05, 0) is 50.4 Å². The fraction of sp³-hybridized carbons (Fsp3) is 0.556. The van der Waals surface area contributed by atoms with Crippen molar-refractivity contribution in [1.82, 2.24) is 14.8 Å². The highest BCUT2D eigenvalue weighted by atomic mass is 15.2. The molecule has 0 radical (unpaired) electrons. The lowest BCUT2D eigenvalue weighted by molar-refractivity contribution is 0.118. The summed E-state index contributed by atoms with van der Waals surface area (Å²) in [7, 11) is 0. The molecular formula is C18H25N3. The minimum Gasteiger partial charge on any atom is -0.347 e. The SMILES string of the molecule is CCn1cc(CN2CCCC3CNCC32)c2ccccc21. The highest BCUT2D eigenvalue weighted by Gasteiger charge is 2.34. The zero-order valence-electron chi connectivity index (χ0n) is 12.9. The van der Waals surface area contributed by atoms with Crippen molar-refractivity contribution in [2.75, 3.05) is 19.6 Å². The molecule has 1 aromatic heterocycles. The fourth-order valence-corrected chi connectivity index (χ4v) is 4.29. The standard InChI is InChI=1S/C18H25N3/c1-2-20-12-15(16-7-3-4-8-17(16)20)13-21-9-5-6-14-10-19-11-18(14)21/h3-4,7-8,12,14,18-19H,2,5-6,9-11,13H2,1H3. The van der Waals surface area contributed by atoms with Crippen LogP contribution in [0.2, 0.25) is 0 Å². The van der Waals surface area contributed by atoms with Gasteiger partial charge in [-0.25, -0.2) is 0 Å². The van der Waals surface area contributed by atoms with Gasteiger partial charge in [-0.3, -0.25) is 4.90 Å². The van der Waals surface area contributed by atoms with Crippen molar-refractivity contribution in [3.05, 3.63) is 36.0 Å². The predicted octanol–water partition coefficient (Wildman–Crippen LogP) is 2.85. The third-order valence-corrected chi connectivity index (χ3v) is 5.38. The molecule has 2 saturated heterocycles. The van der Waals surface area contributed by atoms with Crippen molar-refractivity contribution in [2.24, 2.45) is 5.92 Å². The summed E-state index contributed by atoms with van der Waals surface area (Å²) < 4.78 is 2.39. The average molecular weight is 283 g/mol. The topological polar surface area (TPSA) is 20.2 Å². The number of nitrogens with zero attached hydrogens (tertiary/aromatic N) is 2. The molecule has 1 aromatic carbocycles. The average Bonchev–Trinajstić information content (AvgIpc) is 3.13. The zero-order chi connectivity index (χ0) is 14.2. The Hall–Kier alpha value is -1.32. The lowest BCUT2D eigenvalue weighted by Gasteiger charge is -2.36. The van der Waals surface area contributed by atoms with E-state index in [2.05, 4.69) is 52.2 Å². The Kier molecular flexibility index (Phi) is 3.48. The molecule has 2 aliphatic heterocycles. The number of aryl methyl sites for hydroxylation is 1. The minimum atomic E-state index is 0.752. The first kappa shape index (κ1) is 13.4. The molecule has 21 heavy (non-hydrogen) atoms. The molecule has 2 unspecified atom stereocenters. The molecule has 2 atom stereocenters. The molecule has 2 aromatic rings. The lowest BCUT2D eigenvalue weighted by Crippen LogP contribution is -2.44. The number of rotatable bonds is 3. The van der Waals surface area contributed by atoms with Crippen LogP contribution in [0.15, 0.2) is 30.5 Å². The number of para-hydroxylation sites is 1. The van der Waals surface area contributed by atoms with Crippen molar-refractivity contribution in [1.29, 1.82) is 0 Å². The van der Waals surface area contributed by atoms with Crippen LogP contribution in [0.5, 0.6) is 0 Å².